The molecular weight excluding hydrogens is 212 g/mol. The zero-order valence-electron chi connectivity index (χ0n) is 9.28. The quantitative estimate of drug-likeness (QED) is 0.767. The molecule has 0 spiro atoms. The third-order valence-corrected chi connectivity index (χ3v) is 5.54. The first-order chi connectivity index (χ1) is 7.15. The van der Waals surface area contributed by atoms with Crippen molar-refractivity contribution in [3.8, 4) is 0 Å². The minimum Gasteiger partial charge on any atom is -0.315 e. The van der Waals surface area contributed by atoms with Crippen molar-refractivity contribution in [2.75, 3.05) is 25.4 Å². The molecule has 2 unspecified atom stereocenters. The van der Waals surface area contributed by atoms with Crippen LogP contribution in [0.1, 0.15) is 26.2 Å². The lowest BCUT2D eigenvalue weighted by atomic mass is 9.94. The molecule has 2 fully saturated rings. The van der Waals surface area contributed by atoms with E-state index in [9.17, 15) is 8.42 Å². The summed E-state index contributed by atoms with van der Waals surface area (Å²) in [6.07, 6.45) is 2.91. The average Bonchev–Trinajstić information content (AvgIpc) is 2.64. The first-order valence-corrected chi connectivity index (χ1v) is 7.46. The summed E-state index contributed by atoms with van der Waals surface area (Å²) in [5.41, 5.74) is 0. The SMILES string of the molecule is CCCS(=O)(=O)N1CCCC2CNCC21. The van der Waals surface area contributed by atoms with Crippen LogP contribution in [0.5, 0.6) is 0 Å². The standard InChI is InChI=1S/C10H20N2O2S/c1-2-6-15(13,14)12-5-3-4-9-7-11-8-10(9)12/h9-11H,2-8H2,1H3. The van der Waals surface area contributed by atoms with Crippen LogP contribution in [0.4, 0.5) is 0 Å². The molecule has 2 heterocycles. The first-order valence-electron chi connectivity index (χ1n) is 5.85. The summed E-state index contributed by atoms with van der Waals surface area (Å²) < 4.78 is 25.8. The van der Waals surface area contributed by atoms with E-state index >= 15 is 0 Å². The topological polar surface area (TPSA) is 49.4 Å². The van der Waals surface area contributed by atoms with E-state index in [0.29, 0.717) is 18.1 Å². The molecular formula is C10H20N2O2S. The van der Waals surface area contributed by atoms with Gasteiger partial charge >= 0.3 is 0 Å². The van der Waals surface area contributed by atoms with Gasteiger partial charge in [-0.2, -0.15) is 4.31 Å². The molecule has 2 rings (SSSR count). The fourth-order valence-corrected chi connectivity index (χ4v) is 4.56. The van der Waals surface area contributed by atoms with Crippen LogP contribution in [0.2, 0.25) is 0 Å². The summed E-state index contributed by atoms with van der Waals surface area (Å²) in [6.45, 7) is 4.48. The summed E-state index contributed by atoms with van der Waals surface area (Å²) in [5.74, 6) is 0.848. The maximum atomic E-state index is 12.0. The Labute approximate surface area is 92.1 Å². The van der Waals surface area contributed by atoms with Gasteiger partial charge in [0.1, 0.15) is 0 Å². The molecule has 15 heavy (non-hydrogen) atoms. The predicted octanol–water partition coefficient (Wildman–Crippen LogP) is 0.410. The second-order valence-electron chi connectivity index (χ2n) is 4.55. The van der Waals surface area contributed by atoms with Gasteiger partial charge in [-0.15, -0.1) is 0 Å². The number of nitrogens with zero attached hydrogens (tertiary/aromatic N) is 1. The van der Waals surface area contributed by atoms with Crippen molar-refractivity contribution in [3.63, 3.8) is 0 Å². The second-order valence-corrected chi connectivity index (χ2v) is 6.60. The third-order valence-electron chi connectivity index (χ3n) is 3.45. The monoisotopic (exact) mass is 232 g/mol. The minimum absolute atomic E-state index is 0.232. The van der Waals surface area contributed by atoms with Crippen LogP contribution in [0.15, 0.2) is 0 Å². The third kappa shape index (κ3) is 2.19. The van der Waals surface area contributed by atoms with Crippen molar-refractivity contribution in [1.82, 2.24) is 9.62 Å². The lowest BCUT2D eigenvalue weighted by molar-refractivity contribution is 0.217. The molecule has 2 aliphatic rings. The van der Waals surface area contributed by atoms with E-state index in [1.54, 1.807) is 4.31 Å². The highest BCUT2D eigenvalue weighted by Gasteiger charge is 2.40. The van der Waals surface area contributed by atoms with Gasteiger partial charge in [-0.25, -0.2) is 8.42 Å². The fourth-order valence-electron chi connectivity index (χ4n) is 2.75. The molecule has 0 aromatic carbocycles. The minimum atomic E-state index is -2.99. The molecule has 0 radical (unpaired) electrons. The number of sulfonamides is 1. The molecule has 4 nitrogen and oxygen atoms in total. The molecule has 0 amide bonds. The molecule has 2 atom stereocenters. The smallest absolute Gasteiger partial charge is 0.214 e. The van der Waals surface area contributed by atoms with Gasteiger partial charge in [0.15, 0.2) is 0 Å². The number of rotatable bonds is 3. The van der Waals surface area contributed by atoms with Crippen molar-refractivity contribution >= 4 is 10.0 Å². The van der Waals surface area contributed by atoms with E-state index in [-0.39, 0.29) is 6.04 Å². The molecule has 2 saturated heterocycles. The maximum absolute atomic E-state index is 12.0. The number of hydrogen-bond acceptors (Lipinski definition) is 3. The first kappa shape index (κ1) is 11.4. The molecule has 0 bridgehead atoms. The van der Waals surface area contributed by atoms with Gasteiger partial charge in [0.2, 0.25) is 10.0 Å². The maximum Gasteiger partial charge on any atom is 0.214 e. The number of nitrogens with one attached hydrogen (secondary N) is 1. The van der Waals surface area contributed by atoms with E-state index in [2.05, 4.69) is 5.32 Å². The Bertz CT molecular complexity index is 315. The van der Waals surface area contributed by atoms with Gasteiger partial charge in [0.25, 0.3) is 0 Å². The highest BCUT2D eigenvalue weighted by Crippen LogP contribution is 2.28. The Hall–Kier alpha value is -0.130. The van der Waals surface area contributed by atoms with Crippen LogP contribution in [0, 0.1) is 5.92 Å². The molecule has 88 valence electrons. The van der Waals surface area contributed by atoms with Crippen molar-refractivity contribution in [2.45, 2.75) is 32.2 Å². The number of fused-ring (bicyclic) bond motifs is 1. The lowest BCUT2D eigenvalue weighted by Gasteiger charge is -2.35. The van der Waals surface area contributed by atoms with E-state index in [1.807, 2.05) is 6.92 Å². The number of piperidine rings is 1. The molecule has 0 saturated carbocycles. The Morgan fingerprint density at radius 2 is 2.20 bits per heavy atom. The van der Waals surface area contributed by atoms with Crippen LogP contribution in [-0.2, 0) is 10.0 Å². The van der Waals surface area contributed by atoms with Gasteiger partial charge in [0, 0.05) is 19.1 Å². The van der Waals surface area contributed by atoms with Crippen LogP contribution in [0.3, 0.4) is 0 Å². The van der Waals surface area contributed by atoms with Crippen LogP contribution in [-0.4, -0.2) is 44.2 Å². The van der Waals surface area contributed by atoms with Gasteiger partial charge in [-0.1, -0.05) is 6.92 Å². The van der Waals surface area contributed by atoms with Crippen molar-refractivity contribution < 1.29 is 8.42 Å². The lowest BCUT2D eigenvalue weighted by Crippen LogP contribution is -2.48. The van der Waals surface area contributed by atoms with Crippen LogP contribution >= 0.6 is 0 Å². The Balaban J connectivity index is 2.14. The summed E-state index contributed by atoms with van der Waals surface area (Å²) in [7, 11) is -2.99. The molecule has 1 N–H and O–H groups in total. The van der Waals surface area contributed by atoms with Gasteiger partial charge in [-0.05, 0) is 31.7 Å². The van der Waals surface area contributed by atoms with Gasteiger partial charge < -0.3 is 5.32 Å². The zero-order chi connectivity index (χ0) is 10.9. The van der Waals surface area contributed by atoms with Crippen LogP contribution < -0.4 is 5.32 Å². The van der Waals surface area contributed by atoms with E-state index in [1.165, 1.54) is 6.42 Å². The van der Waals surface area contributed by atoms with Gasteiger partial charge in [0.05, 0.1) is 5.75 Å². The highest BCUT2D eigenvalue weighted by atomic mass is 32.2. The largest absolute Gasteiger partial charge is 0.315 e. The summed E-state index contributed by atoms with van der Waals surface area (Å²) in [4.78, 5) is 0. The summed E-state index contributed by atoms with van der Waals surface area (Å²) >= 11 is 0. The Morgan fingerprint density at radius 1 is 1.40 bits per heavy atom. The molecule has 0 aromatic heterocycles. The van der Waals surface area contributed by atoms with Crippen molar-refractivity contribution in [3.05, 3.63) is 0 Å². The zero-order valence-corrected chi connectivity index (χ0v) is 10.1. The normalized spacial score (nSPS) is 32.9. The molecule has 0 aliphatic carbocycles. The summed E-state index contributed by atoms with van der Waals surface area (Å²) in [6, 6.07) is 0.232. The molecule has 0 aromatic rings. The van der Waals surface area contributed by atoms with Crippen molar-refractivity contribution in [2.24, 2.45) is 5.92 Å². The summed E-state index contributed by atoms with van der Waals surface area (Å²) in [5, 5.41) is 3.30. The fraction of sp³-hybridized carbons (Fsp3) is 1.00. The Kier molecular flexibility index (Phi) is 3.33. The molecule has 2 aliphatic heterocycles. The van der Waals surface area contributed by atoms with Gasteiger partial charge in [-0.3, -0.25) is 0 Å². The Morgan fingerprint density at radius 3 is 2.93 bits per heavy atom. The highest BCUT2D eigenvalue weighted by molar-refractivity contribution is 7.89. The molecule has 5 heteroatoms. The van der Waals surface area contributed by atoms with E-state index < -0.39 is 10.0 Å². The van der Waals surface area contributed by atoms with Crippen LogP contribution in [0.25, 0.3) is 0 Å². The number of hydrogen-bond donors (Lipinski definition) is 1. The van der Waals surface area contributed by atoms with E-state index in [4.69, 9.17) is 0 Å². The van der Waals surface area contributed by atoms with Crippen molar-refractivity contribution in [1.29, 1.82) is 0 Å². The average molecular weight is 232 g/mol. The second kappa shape index (κ2) is 4.39. The van der Waals surface area contributed by atoms with E-state index in [0.717, 1.165) is 26.1 Å². The predicted molar refractivity (Wildman–Crippen MR) is 60.2 cm³/mol.